The molecule has 1 amide bonds. The van der Waals surface area contributed by atoms with Crippen molar-refractivity contribution in [2.45, 2.75) is 33.6 Å². The largest absolute Gasteiger partial charge is 0.324 e. The maximum atomic E-state index is 11.9. The van der Waals surface area contributed by atoms with Gasteiger partial charge in [0.05, 0.1) is 11.4 Å². The van der Waals surface area contributed by atoms with Crippen molar-refractivity contribution in [1.29, 1.82) is 0 Å². The Balaban J connectivity index is 2.76. The first-order chi connectivity index (χ1) is 7.58. The van der Waals surface area contributed by atoms with Crippen molar-refractivity contribution in [2.24, 2.45) is 5.92 Å². The van der Waals surface area contributed by atoms with Crippen LogP contribution in [0.1, 0.15) is 32.4 Å². The predicted molar refractivity (Wildman–Crippen MR) is 69.4 cm³/mol. The molecule has 0 saturated heterocycles. The fourth-order valence-electron chi connectivity index (χ4n) is 1.56. The summed E-state index contributed by atoms with van der Waals surface area (Å²) < 4.78 is 0.783. The molecular weight excluding hydrogens is 268 g/mol. The molecule has 1 aromatic heterocycles. The van der Waals surface area contributed by atoms with Crippen LogP contribution in [-0.4, -0.2) is 10.9 Å². The number of hydrogen-bond acceptors (Lipinski definition) is 2. The van der Waals surface area contributed by atoms with E-state index in [1.165, 1.54) is 0 Å². The molecule has 0 bridgehead atoms. The molecule has 0 saturated carbocycles. The number of rotatable bonds is 4. The highest BCUT2D eigenvalue weighted by molar-refractivity contribution is 9.10. The molecule has 1 heterocycles. The Bertz CT molecular complexity index is 375. The maximum absolute atomic E-state index is 11.9. The summed E-state index contributed by atoms with van der Waals surface area (Å²) >= 11 is 3.29. The van der Waals surface area contributed by atoms with E-state index in [9.17, 15) is 4.79 Å². The number of aromatic nitrogens is 1. The highest BCUT2D eigenvalue weighted by Gasteiger charge is 2.15. The van der Waals surface area contributed by atoms with Gasteiger partial charge in [0.2, 0.25) is 5.91 Å². The molecule has 1 N–H and O–H groups in total. The first kappa shape index (κ1) is 13.2. The van der Waals surface area contributed by atoms with E-state index in [1.807, 2.05) is 32.9 Å². The maximum Gasteiger partial charge on any atom is 0.227 e. The molecule has 3 nitrogen and oxygen atoms in total. The Hall–Kier alpha value is -0.900. The number of amides is 1. The van der Waals surface area contributed by atoms with E-state index in [0.717, 1.165) is 28.8 Å². The molecule has 16 heavy (non-hydrogen) atoms. The monoisotopic (exact) mass is 284 g/mol. The van der Waals surface area contributed by atoms with Crippen LogP contribution in [0.15, 0.2) is 16.7 Å². The zero-order valence-electron chi connectivity index (χ0n) is 9.88. The molecule has 1 aromatic rings. The summed E-state index contributed by atoms with van der Waals surface area (Å²) in [5, 5.41) is 2.92. The zero-order valence-corrected chi connectivity index (χ0v) is 11.5. The average Bonchev–Trinajstić information content (AvgIpc) is 2.24. The lowest BCUT2D eigenvalue weighted by atomic mass is 10.0. The molecule has 0 aromatic carbocycles. The van der Waals surface area contributed by atoms with Gasteiger partial charge in [-0.3, -0.25) is 4.79 Å². The van der Waals surface area contributed by atoms with Crippen molar-refractivity contribution in [3.63, 3.8) is 0 Å². The van der Waals surface area contributed by atoms with Crippen LogP contribution in [0.5, 0.6) is 0 Å². The predicted octanol–water partition coefficient (Wildman–Crippen LogP) is 3.53. The van der Waals surface area contributed by atoms with E-state index in [-0.39, 0.29) is 11.8 Å². The number of aryl methyl sites for hydroxylation is 1. The fraction of sp³-hybridized carbons (Fsp3) is 0.500. The minimum atomic E-state index is 0.0808. The summed E-state index contributed by atoms with van der Waals surface area (Å²) in [4.78, 5) is 16.1. The van der Waals surface area contributed by atoms with Gasteiger partial charge in [-0.25, -0.2) is 4.98 Å². The Morgan fingerprint density at radius 1 is 1.44 bits per heavy atom. The lowest BCUT2D eigenvalue weighted by Crippen LogP contribution is -2.22. The summed E-state index contributed by atoms with van der Waals surface area (Å²) in [5.41, 5.74) is 1.62. The van der Waals surface area contributed by atoms with E-state index < -0.39 is 0 Å². The summed E-state index contributed by atoms with van der Waals surface area (Å²) in [6.45, 7) is 5.94. The molecule has 0 fully saturated rings. The number of pyridine rings is 1. The van der Waals surface area contributed by atoms with Crippen LogP contribution in [-0.2, 0) is 4.79 Å². The minimum Gasteiger partial charge on any atom is -0.324 e. The zero-order chi connectivity index (χ0) is 12.1. The Morgan fingerprint density at radius 2 is 2.06 bits per heavy atom. The lowest BCUT2D eigenvalue weighted by Gasteiger charge is -2.13. The fourth-order valence-corrected chi connectivity index (χ4v) is 1.95. The summed E-state index contributed by atoms with van der Waals surface area (Å²) in [6, 6.07) is 3.70. The van der Waals surface area contributed by atoms with E-state index in [2.05, 4.69) is 26.2 Å². The van der Waals surface area contributed by atoms with Crippen molar-refractivity contribution < 1.29 is 4.79 Å². The quantitative estimate of drug-likeness (QED) is 0.860. The first-order valence-electron chi connectivity index (χ1n) is 5.52. The van der Waals surface area contributed by atoms with Crippen molar-refractivity contribution in [1.82, 2.24) is 4.98 Å². The molecule has 0 aliphatic carbocycles. The number of halogens is 1. The van der Waals surface area contributed by atoms with Crippen LogP contribution < -0.4 is 5.32 Å². The van der Waals surface area contributed by atoms with Gasteiger partial charge in [0, 0.05) is 5.92 Å². The lowest BCUT2D eigenvalue weighted by molar-refractivity contribution is -0.120. The summed E-state index contributed by atoms with van der Waals surface area (Å²) in [6.07, 6.45) is 1.73. The number of nitrogens with one attached hydrogen (secondary N) is 1. The molecule has 0 aliphatic heterocycles. The SMILES string of the molecule is CCC(CC)C(=O)Nc1ccc(Br)nc1C. The highest BCUT2D eigenvalue weighted by Crippen LogP contribution is 2.18. The number of carbonyl (C=O) groups is 1. The molecule has 0 spiro atoms. The second-order valence-corrected chi connectivity index (χ2v) is 4.58. The van der Waals surface area contributed by atoms with Crippen LogP contribution in [0, 0.1) is 12.8 Å². The van der Waals surface area contributed by atoms with Gasteiger partial charge in [-0.2, -0.15) is 0 Å². The van der Waals surface area contributed by atoms with E-state index >= 15 is 0 Å². The van der Waals surface area contributed by atoms with Crippen molar-refractivity contribution >= 4 is 27.5 Å². The summed E-state index contributed by atoms with van der Waals surface area (Å²) in [5.74, 6) is 0.167. The van der Waals surface area contributed by atoms with Crippen LogP contribution >= 0.6 is 15.9 Å². The topological polar surface area (TPSA) is 42.0 Å². The molecule has 0 radical (unpaired) electrons. The van der Waals surface area contributed by atoms with Crippen LogP contribution in [0.3, 0.4) is 0 Å². The van der Waals surface area contributed by atoms with Gasteiger partial charge < -0.3 is 5.32 Å². The van der Waals surface area contributed by atoms with Crippen LogP contribution in [0.2, 0.25) is 0 Å². The number of hydrogen-bond donors (Lipinski definition) is 1. The van der Waals surface area contributed by atoms with Crippen molar-refractivity contribution in [3.8, 4) is 0 Å². The number of nitrogens with zero attached hydrogens (tertiary/aromatic N) is 1. The third-order valence-corrected chi connectivity index (χ3v) is 3.11. The Kier molecular flexibility index (Phi) is 4.93. The molecule has 4 heteroatoms. The van der Waals surface area contributed by atoms with E-state index in [1.54, 1.807) is 0 Å². The van der Waals surface area contributed by atoms with Gasteiger partial charge in [0.15, 0.2) is 0 Å². The third-order valence-electron chi connectivity index (χ3n) is 2.67. The van der Waals surface area contributed by atoms with Gasteiger partial charge in [0.25, 0.3) is 0 Å². The van der Waals surface area contributed by atoms with Crippen molar-refractivity contribution in [2.75, 3.05) is 5.32 Å². The molecular formula is C12H17BrN2O. The molecule has 1 rings (SSSR count). The molecule has 88 valence electrons. The van der Waals surface area contributed by atoms with Gasteiger partial charge >= 0.3 is 0 Å². The highest BCUT2D eigenvalue weighted by atomic mass is 79.9. The standard InChI is InChI=1S/C12H17BrN2O/c1-4-9(5-2)12(16)15-10-6-7-11(13)14-8(10)3/h6-7,9H,4-5H2,1-3H3,(H,15,16). The molecule has 0 unspecified atom stereocenters. The Morgan fingerprint density at radius 3 is 2.56 bits per heavy atom. The Labute approximate surface area is 105 Å². The van der Waals surface area contributed by atoms with E-state index in [4.69, 9.17) is 0 Å². The molecule has 0 aliphatic rings. The normalized spacial score (nSPS) is 10.6. The van der Waals surface area contributed by atoms with Crippen LogP contribution in [0.25, 0.3) is 0 Å². The average molecular weight is 285 g/mol. The van der Waals surface area contributed by atoms with Gasteiger partial charge in [0.1, 0.15) is 4.60 Å². The smallest absolute Gasteiger partial charge is 0.227 e. The second-order valence-electron chi connectivity index (χ2n) is 3.77. The van der Waals surface area contributed by atoms with Crippen LogP contribution in [0.4, 0.5) is 5.69 Å². The minimum absolute atomic E-state index is 0.0808. The molecule has 0 atom stereocenters. The summed E-state index contributed by atoms with van der Waals surface area (Å²) in [7, 11) is 0. The third kappa shape index (κ3) is 3.30. The van der Waals surface area contributed by atoms with Crippen molar-refractivity contribution in [3.05, 3.63) is 22.4 Å². The van der Waals surface area contributed by atoms with Gasteiger partial charge in [-0.1, -0.05) is 13.8 Å². The number of anilines is 1. The van der Waals surface area contributed by atoms with Gasteiger partial charge in [-0.05, 0) is 47.8 Å². The second kappa shape index (κ2) is 5.99. The first-order valence-corrected chi connectivity index (χ1v) is 6.31. The van der Waals surface area contributed by atoms with Gasteiger partial charge in [-0.15, -0.1) is 0 Å². The van der Waals surface area contributed by atoms with E-state index in [0.29, 0.717) is 0 Å². The number of carbonyl (C=O) groups excluding carboxylic acids is 1.